The fourth-order valence-electron chi connectivity index (χ4n) is 4.03. The van der Waals surface area contributed by atoms with Gasteiger partial charge < -0.3 is 24.2 Å². The van der Waals surface area contributed by atoms with Crippen molar-refractivity contribution in [2.75, 3.05) is 26.3 Å². The molecule has 1 heterocycles. The summed E-state index contributed by atoms with van der Waals surface area (Å²) in [5, 5.41) is 10.7. The van der Waals surface area contributed by atoms with Crippen molar-refractivity contribution in [1.82, 2.24) is 4.90 Å². The maximum atomic E-state index is 12.4. The van der Waals surface area contributed by atoms with E-state index in [1.807, 2.05) is 19.1 Å². The van der Waals surface area contributed by atoms with Gasteiger partial charge >= 0.3 is 12.1 Å². The Labute approximate surface area is 215 Å². The van der Waals surface area contributed by atoms with Gasteiger partial charge in [-0.05, 0) is 69.5 Å². The lowest BCUT2D eigenvalue weighted by molar-refractivity contribution is -0.144. The molecule has 1 fully saturated rings. The molecule has 190 valence electrons. The van der Waals surface area contributed by atoms with Crippen molar-refractivity contribution < 1.29 is 28.9 Å². The molecule has 2 aromatic rings. The number of hydrogen-bond acceptors (Lipinski definition) is 5. The normalized spacial score (nSPS) is 18.2. The van der Waals surface area contributed by atoms with Gasteiger partial charge in [-0.3, -0.25) is 4.79 Å². The number of hydrogen-bond donors (Lipinski definition) is 1. The molecule has 35 heavy (non-hydrogen) atoms. The lowest BCUT2D eigenvalue weighted by atomic mass is 9.80. The van der Waals surface area contributed by atoms with E-state index in [9.17, 15) is 14.7 Å². The van der Waals surface area contributed by atoms with Gasteiger partial charge in [0.05, 0.1) is 16.0 Å². The number of nitrogens with zero attached hydrogens (tertiary/aromatic N) is 1. The van der Waals surface area contributed by atoms with E-state index in [1.54, 1.807) is 45.0 Å². The van der Waals surface area contributed by atoms with Gasteiger partial charge in [-0.1, -0.05) is 35.3 Å². The fourth-order valence-corrected chi connectivity index (χ4v) is 4.74. The van der Waals surface area contributed by atoms with Crippen molar-refractivity contribution >= 4 is 35.3 Å². The molecule has 2 atom stereocenters. The van der Waals surface area contributed by atoms with Crippen molar-refractivity contribution in [3.63, 3.8) is 0 Å². The second kappa shape index (κ2) is 11.4. The van der Waals surface area contributed by atoms with Crippen molar-refractivity contribution in [1.29, 1.82) is 0 Å². The van der Waals surface area contributed by atoms with Crippen LogP contribution in [0.2, 0.25) is 10.0 Å². The lowest BCUT2D eigenvalue weighted by Gasteiger charge is -2.37. The average molecular weight is 524 g/mol. The summed E-state index contributed by atoms with van der Waals surface area (Å²) in [4.78, 5) is 25.9. The highest BCUT2D eigenvalue weighted by atomic mass is 35.5. The highest BCUT2D eigenvalue weighted by Gasteiger charge is 2.38. The van der Waals surface area contributed by atoms with Crippen molar-refractivity contribution in [3.8, 4) is 11.5 Å². The third-order valence-corrected chi connectivity index (χ3v) is 6.19. The van der Waals surface area contributed by atoms with E-state index in [0.29, 0.717) is 34.5 Å². The number of aryl methyl sites for hydroxylation is 1. The Morgan fingerprint density at radius 3 is 2.23 bits per heavy atom. The quantitative estimate of drug-likeness (QED) is 0.435. The molecule has 1 N–H and O–H groups in total. The molecule has 0 aromatic heterocycles. The monoisotopic (exact) mass is 523 g/mol. The van der Waals surface area contributed by atoms with Gasteiger partial charge in [0.2, 0.25) is 0 Å². The number of ether oxygens (including phenoxy) is 3. The summed E-state index contributed by atoms with van der Waals surface area (Å²) in [5.41, 5.74) is 1.21. The van der Waals surface area contributed by atoms with Crippen LogP contribution in [0, 0.1) is 12.8 Å². The summed E-state index contributed by atoms with van der Waals surface area (Å²) >= 11 is 12.4. The highest BCUT2D eigenvalue weighted by molar-refractivity contribution is 6.37. The zero-order chi connectivity index (χ0) is 25.8. The molecular formula is C26H31Cl2NO6. The Hall–Kier alpha value is -2.64. The largest absolute Gasteiger partial charge is 0.490 e. The first-order valence-electron chi connectivity index (χ1n) is 11.5. The SMILES string of the molecule is Cc1cc(Cl)c(OCCOc2ccc([C@H]3CCN(C(=O)OC(C)(C)C)C[C@@H]3C(=O)O)cc2)c(Cl)c1. The minimum absolute atomic E-state index is 0.106. The van der Waals surface area contributed by atoms with Crippen LogP contribution in [0.5, 0.6) is 11.5 Å². The maximum Gasteiger partial charge on any atom is 0.410 e. The number of piperidine rings is 1. The molecule has 1 amide bonds. The van der Waals surface area contributed by atoms with Crippen LogP contribution < -0.4 is 9.47 Å². The molecule has 0 aliphatic carbocycles. The number of carboxylic acid groups (broad SMARTS) is 1. The molecule has 1 aliphatic heterocycles. The standard InChI is InChI=1S/C26H31Cl2NO6/c1-16-13-21(27)23(22(28)14-16)34-12-11-33-18-7-5-17(6-8-18)19-9-10-29(15-20(19)24(30)31)25(32)35-26(2,3)4/h5-8,13-14,19-20H,9-12,15H2,1-4H3,(H,30,31)/t19-,20+/m1/s1. The minimum atomic E-state index is -0.936. The van der Waals surface area contributed by atoms with Gasteiger partial charge in [0.15, 0.2) is 5.75 Å². The molecule has 1 aliphatic rings. The van der Waals surface area contributed by atoms with Gasteiger partial charge in [-0.25, -0.2) is 4.79 Å². The highest BCUT2D eigenvalue weighted by Crippen LogP contribution is 2.35. The van der Waals surface area contributed by atoms with E-state index in [2.05, 4.69) is 0 Å². The molecule has 0 unspecified atom stereocenters. The van der Waals surface area contributed by atoms with E-state index in [0.717, 1.165) is 11.1 Å². The number of carbonyl (C=O) groups excluding carboxylic acids is 1. The van der Waals surface area contributed by atoms with Crippen LogP contribution in [0.4, 0.5) is 4.79 Å². The number of benzene rings is 2. The average Bonchev–Trinajstić information content (AvgIpc) is 2.76. The molecule has 0 saturated carbocycles. The molecule has 7 nitrogen and oxygen atoms in total. The smallest absolute Gasteiger partial charge is 0.410 e. The van der Waals surface area contributed by atoms with Gasteiger partial charge in [-0.2, -0.15) is 0 Å². The van der Waals surface area contributed by atoms with Crippen molar-refractivity contribution in [2.45, 2.75) is 45.6 Å². The summed E-state index contributed by atoms with van der Waals surface area (Å²) in [7, 11) is 0. The zero-order valence-electron chi connectivity index (χ0n) is 20.3. The molecule has 2 aromatic carbocycles. The number of halogens is 2. The number of amides is 1. The fraction of sp³-hybridized carbons (Fsp3) is 0.462. The topological polar surface area (TPSA) is 85.3 Å². The van der Waals surface area contributed by atoms with E-state index in [1.165, 1.54) is 4.90 Å². The third-order valence-electron chi connectivity index (χ3n) is 5.63. The van der Waals surface area contributed by atoms with E-state index in [4.69, 9.17) is 37.4 Å². The van der Waals surface area contributed by atoms with Crippen LogP contribution in [0.25, 0.3) is 0 Å². The second-order valence-corrected chi connectivity index (χ2v) is 10.4. The molecule has 1 saturated heterocycles. The predicted octanol–water partition coefficient (Wildman–Crippen LogP) is 6.18. The predicted molar refractivity (Wildman–Crippen MR) is 135 cm³/mol. The van der Waals surface area contributed by atoms with Crippen LogP contribution in [0.3, 0.4) is 0 Å². The number of carboxylic acids is 1. The third kappa shape index (κ3) is 7.42. The first-order valence-corrected chi connectivity index (χ1v) is 12.2. The molecule has 0 spiro atoms. The Kier molecular flexibility index (Phi) is 8.78. The van der Waals surface area contributed by atoms with Crippen LogP contribution >= 0.6 is 23.2 Å². The Balaban J connectivity index is 1.56. The molecule has 0 bridgehead atoms. The van der Waals surface area contributed by atoms with Gasteiger partial charge in [0.1, 0.15) is 24.6 Å². The minimum Gasteiger partial charge on any atom is -0.490 e. The summed E-state index contributed by atoms with van der Waals surface area (Å²) in [6.45, 7) is 8.34. The van der Waals surface area contributed by atoms with E-state index < -0.39 is 23.6 Å². The summed E-state index contributed by atoms with van der Waals surface area (Å²) in [6.07, 6.45) is 0.0452. The summed E-state index contributed by atoms with van der Waals surface area (Å²) in [5.74, 6) is -0.809. The first-order chi connectivity index (χ1) is 16.4. The number of rotatable bonds is 7. The molecule has 9 heteroatoms. The Morgan fingerprint density at radius 1 is 1.06 bits per heavy atom. The zero-order valence-corrected chi connectivity index (χ0v) is 21.9. The van der Waals surface area contributed by atoms with Crippen molar-refractivity contribution in [2.24, 2.45) is 5.92 Å². The van der Waals surface area contributed by atoms with E-state index >= 15 is 0 Å². The summed E-state index contributed by atoms with van der Waals surface area (Å²) in [6, 6.07) is 10.9. The Bertz CT molecular complexity index is 1030. The second-order valence-electron chi connectivity index (χ2n) is 9.59. The van der Waals surface area contributed by atoms with Crippen LogP contribution in [0.15, 0.2) is 36.4 Å². The number of likely N-dealkylation sites (tertiary alicyclic amines) is 1. The lowest BCUT2D eigenvalue weighted by Crippen LogP contribution is -2.47. The van der Waals surface area contributed by atoms with E-state index in [-0.39, 0.29) is 25.7 Å². The van der Waals surface area contributed by atoms with Crippen LogP contribution in [0.1, 0.15) is 44.2 Å². The number of carbonyl (C=O) groups is 2. The first kappa shape index (κ1) is 27.0. The van der Waals surface area contributed by atoms with Gasteiger partial charge in [0.25, 0.3) is 0 Å². The van der Waals surface area contributed by atoms with Crippen LogP contribution in [-0.4, -0.2) is 54.0 Å². The molecule has 0 radical (unpaired) electrons. The number of aliphatic carboxylic acids is 1. The maximum absolute atomic E-state index is 12.4. The van der Waals surface area contributed by atoms with Gasteiger partial charge in [-0.15, -0.1) is 0 Å². The van der Waals surface area contributed by atoms with Crippen molar-refractivity contribution in [3.05, 3.63) is 57.6 Å². The van der Waals surface area contributed by atoms with Gasteiger partial charge in [0, 0.05) is 19.0 Å². The Morgan fingerprint density at radius 2 is 1.66 bits per heavy atom. The summed E-state index contributed by atoms with van der Waals surface area (Å²) < 4.78 is 16.8. The molecule has 3 rings (SSSR count). The van der Waals surface area contributed by atoms with Crippen LogP contribution in [-0.2, 0) is 9.53 Å². The molecular weight excluding hydrogens is 493 g/mol.